The summed E-state index contributed by atoms with van der Waals surface area (Å²) in [5.41, 5.74) is 0.907. The van der Waals surface area contributed by atoms with Crippen molar-refractivity contribution in [3.63, 3.8) is 0 Å². The molecule has 1 fully saturated rings. The molecule has 0 bridgehead atoms. The first-order valence-electron chi connectivity index (χ1n) is 9.41. The van der Waals surface area contributed by atoms with Crippen LogP contribution in [0.2, 0.25) is 0 Å². The Kier molecular flexibility index (Phi) is 6.63. The van der Waals surface area contributed by atoms with Crippen LogP contribution in [0.4, 0.5) is 0 Å². The minimum Gasteiger partial charge on any atom is -0.353 e. The zero-order chi connectivity index (χ0) is 18.4. The van der Waals surface area contributed by atoms with Crippen LogP contribution in [-0.2, 0) is 16.0 Å². The van der Waals surface area contributed by atoms with Crippen molar-refractivity contribution in [3.05, 3.63) is 35.9 Å². The second-order valence-corrected chi connectivity index (χ2v) is 8.27. The number of nitrogens with one attached hydrogen (secondary N) is 1. The maximum Gasteiger partial charge on any atom is 0.227 e. The minimum atomic E-state index is -0.388. The van der Waals surface area contributed by atoms with E-state index in [0.29, 0.717) is 6.54 Å². The predicted octanol–water partition coefficient (Wildman–Crippen LogP) is 3.41. The molecule has 0 saturated carbocycles. The Hall–Kier alpha value is -1.84. The van der Waals surface area contributed by atoms with Gasteiger partial charge in [-0.05, 0) is 38.2 Å². The van der Waals surface area contributed by atoms with Crippen molar-refractivity contribution < 1.29 is 9.59 Å². The molecule has 138 valence electrons. The first-order valence-corrected chi connectivity index (χ1v) is 9.41. The summed E-state index contributed by atoms with van der Waals surface area (Å²) in [5.74, 6) is 0.147. The van der Waals surface area contributed by atoms with Crippen molar-refractivity contribution in [3.8, 4) is 0 Å². The van der Waals surface area contributed by atoms with Gasteiger partial charge in [-0.25, -0.2) is 0 Å². The molecular weight excluding hydrogens is 312 g/mol. The summed E-state index contributed by atoms with van der Waals surface area (Å²) in [7, 11) is 0. The second-order valence-electron chi connectivity index (χ2n) is 8.27. The molecule has 1 aromatic rings. The number of hydrogen-bond donors (Lipinski definition) is 1. The van der Waals surface area contributed by atoms with Gasteiger partial charge >= 0.3 is 0 Å². The summed E-state index contributed by atoms with van der Waals surface area (Å²) in [5, 5.41) is 3.14. The van der Waals surface area contributed by atoms with Gasteiger partial charge in [0.25, 0.3) is 0 Å². The van der Waals surface area contributed by atoms with Crippen molar-refractivity contribution in [1.29, 1.82) is 0 Å². The van der Waals surface area contributed by atoms with Crippen LogP contribution in [0.15, 0.2) is 30.3 Å². The number of carbonyl (C=O) groups is 2. The number of likely N-dealkylation sites (tertiary alicyclic amines) is 1. The van der Waals surface area contributed by atoms with Gasteiger partial charge in [-0.2, -0.15) is 0 Å². The van der Waals surface area contributed by atoms with E-state index in [4.69, 9.17) is 0 Å². The van der Waals surface area contributed by atoms with Crippen molar-refractivity contribution in [2.24, 2.45) is 11.3 Å². The van der Waals surface area contributed by atoms with Gasteiger partial charge < -0.3 is 10.2 Å². The summed E-state index contributed by atoms with van der Waals surface area (Å²) < 4.78 is 0. The Labute approximate surface area is 152 Å². The molecule has 1 N–H and O–H groups in total. The highest BCUT2D eigenvalue weighted by Gasteiger charge is 2.33. The Morgan fingerprint density at radius 3 is 2.56 bits per heavy atom. The number of rotatable bonds is 5. The van der Waals surface area contributed by atoms with Crippen LogP contribution >= 0.6 is 0 Å². The lowest BCUT2D eigenvalue weighted by molar-refractivity contribution is -0.142. The monoisotopic (exact) mass is 344 g/mol. The van der Waals surface area contributed by atoms with E-state index < -0.39 is 0 Å². The lowest BCUT2D eigenvalue weighted by Gasteiger charge is -2.36. The SMILES string of the molecule is C[C@@H](CCc1ccccc1)NC(=O)[C@@H]1CCCN(C(=O)C(C)(C)C)C1. The van der Waals surface area contributed by atoms with Crippen molar-refractivity contribution in [1.82, 2.24) is 10.2 Å². The fourth-order valence-corrected chi connectivity index (χ4v) is 3.31. The number of piperidine rings is 1. The first-order chi connectivity index (χ1) is 11.8. The van der Waals surface area contributed by atoms with Gasteiger partial charge in [0, 0.05) is 24.5 Å². The van der Waals surface area contributed by atoms with E-state index in [2.05, 4.69) is 24.4 Å². The van der Waals surface area contributed by atoms with Crippen molar-refractivity contribution >= 4 is 11.8 Å². The molecule has 0 spiro atoms. The average molecular weight is 344 g/mol. The van der Waals surface area contributed by atoms with Gasteiger partial charge in [-0.15, -0.1) is 0 Å². The summed E-state index contributed by atoms with van der Waals surface area (Å²) in [6.07, 6.45) is 3.65. The maximum absolute atomic E-state index is 12.6. The maximum atomic E-state index is 12.6. The zero-order valence-electron chi connectivity index (χ0n) is 16.0. The molecule has 4 nitrogen and oxygen atoms in total. The van der Waals surface area contributed by atoms with E-state index in [-0.39, 0.29) is 29.2 Å². The molecule has 1 aromatic carbocycles. The first kappa shape index (κ1) is 19.5. The fraction of sp³-hybridized carbons (Fsp3) is 0.619. The standard InChI is InChI=1S/C21H32N2O2/c1-16(12-13-17-9-6-5-7-10-17)22-19(24)18-11-8-14-23(15-18)20(25)21(2,3)4/h5-7,9-10,16,18H,8,11-15H2,1-4H3,(H,22,24)/t16-,18+/m0/s1. The average Bonchev–Trinajstić information content (AvgIpc) is 2.59. The number of aryl methyl sites for hydroxylation is 1. The van der Waals surface area contributed by atoms with Gasteiger partial charge in [0.05, 0.1) is 5.92 Å². The molecule has 1 aliphatic heterocycles. The molecule has 2 atom stereocenters. The number of carbonyl (C=O) groups excluding carboxylic acids is 2. The van der Waals surface area contributed by atoms with Crippen molar-refractivity contribution in [2.45, 2.75) is 59.4 Å². The second kappa shape index (κ2) is 8.50. The Morgan fingerprint density at radius 1 is 1.24 bits per heavy atom. The van der Waals surface area contributed by atoms with Gasteiger partial charge in [0.15, 0.2) is 0 Å². The van der Waals surface area contributed by atoms with E-state index in [9.17, 15) is 9.59 Å². The highest BCUT2D eigenvalue weighted by atomic mass is 16.2. The van der Waals surface area contributed by atoms with Crippen LogP contribution in [0.3, 0.4) is 0 Å². The quantitative estimate of drug-likeness (QED) is 0.890. The molecule has 1 saturated heterocycles. The van der Waals surface area contributed by atoms with Gasteiger partial charge in [0.1, 0.15) is 0 Å². The summed E-state index contributed by atoms with van der Waals surface area (Å²) in [4.78, 5) is 26.9. The third-order valence-corrected chi connectivity index (χ3v) is 4.82. The summed E-state index contributed by atoms with van der Waals surface area (Å²) >= 11 is 0. The molecule has 2 rings (SSSR count). The molecule has 2 amide bonds. The Balaban J connectivity index is 1.82. The molecule has 0 radical (unpaired) electrons. The highest BCUT2D eigenvalue weighted by Crippen LogP contribution is 2.23. The molecule has 0 aromatic heterocycles. The lowest BCUT2D eigenvalue weighted by atomic mass is 9.90. The minimum absolute atomic E-state index is 0.0841. The van der Waals surface area contributed by atoms with E-state index in [0.717, 1.165) is 32.2 Å². The van der Waals surface area contributed by atoms with Gasteiger partial charge in [-0.1, -0.05) is 51.1 Å². The summed E-state index contributed by atoms with van der Waals surface area (Å²) in [6, 6.07) is 10.5. The number of benzene rings is 1. The smallest absolute Gasteiger partial charge is 0.227 e. The Morgan fingerprint density at radius 2 is 1.92 bits per heavy atom. The van der Waals surface area contributed by atoms with Crippen LogP contribution in [0, 0.1) is 11.3 Å². The van der Waals surface area contributed by atoms with Crippen LogP contribution in [0.5, 0.6) is 0 Å². The zero-order valence-corrected chi connectivity index (χ0v) is 16.0. The topological polar surface area (TPSA) is 49.4 Å². The third kappa shape index (κ3) is 5.87. The normalized spacial score (nSPS) is 19.4. The largest absolute Gasteiger partial charge is 0.353 e. The highest BCUT2D eigenvalue weighted by molar-refractivity contribution is 5.84. The van der Waals surface area contributed by atoms with E-state index in [1.807, 2.05) is 43.9 Å². The molecule has 4 heteroatoms. The predicted molar refractivity (Wildman–Crippen MR) is 101 cm³/mol. The van der Waals surface area contributed by atoms with Crippen LogP contribution in [0.25, 0.3) is 0 Å². The van der Waals surface area contributed by atoms with Gasteiger partial charge in [0.2, 0.25) is 11.8 Å². The van der Waals surface area contributed by atoms with Crippen LogP contribution < -0.4 is 5.32 Å². The van der Waals surface area contributed by atoms with Gasteiger partial charge in [-0.3, -0.25) is 9.59 Å². The van der Waals surface area contributed by atoms with E-state index in [1.54, 1.807) is 0 Å². The number of hydrogen-bond acceptors (Lipinski definition) is 2. The summed E-state index contributed by atoms with van der Waals surface area (Å²) in [6.45, 7) is 9.18. The Bertz CT molecular complexity index is 577. The van der Waals surface area contributed by atoms with Crippen LogP contribution in [-0.4, -0.2) is 35.8 Å². The molecule has 1 heterocycles. The van der Waals surface area contributed by atoms with Crippen molar-refractivity contribution in [2.75, 3.05) is 13.1 Å². The molecule has 0 aliphatic carbocycles. The van der Waals surface area contributed by atoms with E-state index in [1.165, 1.54) is 5.56 Å². The number of amides is 2. The number of nitrogens with zero attached hydrogens (tertiary/aromatic N) is 1. The third-order valence-electron chi connectivity index (χ3n) is 4.82. The lowest BCUT2D eigenvalue weighted by Crippen LogP contribution is -2.49. The fourth-order valence-electron chi connectivity index (χ4n) is 3.31. The molecular formula is C21H32N2O2. The van der Waals surface area contributed by atoms with E-state index >= 15 is 0 Å². The molecule has 1 aliphatic rings. The molecule has 0 unspecified atom stereocenters. The van der Waals surface area contributed by atoms with Crippen LogP contribution in [0.1, 0.15) is 52.5 Å². The molecule has 25 heavy (non-hydrogen) atoms.